The van der Waals surface area contributed by atoms with Crippen LogP contribution in [0.3, 0.4) is 0 Å². The highest BCUT2D eigenvalue weighted by Crippen LogP contribution is 2.11. The molecule has 0 atom stereocenters. The minimum Gasteiger partial charge on any atom is -0.305 e. The summed E-state index contributed by atoms with van der Waals surface area (Å²) in [6, 6.07) is 0. The van der Waals surface area contributed by atoms with Crippen LogP contribution >= 0.6 is 0 Å². The van der Waals surface area contributed by atoms with Crippen molar-refractivity contribution in [2.24, 2.45) is 0 Å². The molecule has 1 heteroatoms. The molecule has 0 amide bonds. The van der Waals surface area contributed by atoms with Crippen LogP contribution in [0.5, 0.6) is 0 Å². The number of allylic oxidation sites excluding steroid dienone is 5. The third kappa shape index (κ3) is 1.69. The summed E-state index contributed by atoms with van der Waals surface area (Å²) in [4.78, 5) is 0. The second-order valence-corrected chi connectivity index (χ2v) is 2.60. The maximum Gasteiger partial charge on any atom is 0.0354 e. The Morgan fingerprint density at radius 3 is 2.90 bits per heavy atom. The van der Waals surface area contributed by atoms with Gasteiger partial charge in [-0.3, -0.25) is 0 Å². The summed E-state index contributed by atoms with van der Waals surface area (Å²) in [6.07, 6.45) is 6.45. The monoisotopic (exact) mass is 133 g/mol. The fourth-order valence-corrected chi connectivity index (χ4v) is 0.983. The quantitative estimate of drug-likeness (QED) is 0.525. The summed E-state index contributed by atoms with van der Waals surface area (Å²) < 4.78 is 0. The summed E-state index contributed by atoms with van der Waals surface area (Å²) in [5, 5.41) is 7.38. The third-order valence-corrected chi connectivity index (χ3v) is 1.40. The molecule has 0 heterocycles. The van der Waals surface area contributed by atoms with Crippen molar-refractivity contribution in [2.45, 2.75) is 13.3 Å². The molecule has 0 aromatic heterocycles. The lowest BCUT2D eigenvalue weighted by Crippen LogP contribution is -1.88. The van der Waals surface area contributed by atoms with E-state index in [9.17, 15) is 0 Å². The lowest BCUT2D eigenvalue weighted by molar-refractivity contribution is 1.24. The summed E-state index contributed by atoms with van der Waals surface area (Å²) in [6.45, 7) is 5.82. The highest BCUT2D eigenvalue weighted by molar-refractivity contribution is 5.95. The van der Waals surface area contributed by atoms with Gasteiger partial charge in [-0.05, 0) is 18.6 Å². The van der Waals surface area contributed by atoms with Crippen molar-refractivity contribution in [3.05, 3.63) is 36.0 Å². The van der Waals surface area contributed by atoms with Gasteiger partial charge in [-0.15, -0.1) is 0 Å². The van der Waals surface area contributed by atoms with E-state index >= 15 is 0 Å². The fraction of sp³-hybridized carbons (Fsp3) is 0.222. The predicted molar refractivity (Wildman–Crippen MR) is 44.4 cm³/mol. The van der Waals surface area contributed by atoms with E-state index in [1.54, 1.807) is 6.08 Å². The Morgan fingerprint density at radius 1 is 1.50 bits per heavy atom. The molecule has 52 valence electrons. The van der Waals surface area contributed by atoms with E-state index in [1.165, 1.54) is 5.57 Å². The van der Waals surface area contributed by atoms with Gasteiger partial charge in [-0.25, -0.2) is 0 Å². The SMILES string of the molecule is C=C1C=CC(=N)CC(C)=C1. The zero-order valence-electron chi connectivity index (χ0n) is 6.15. The van der Waals surface area contributed by atoms with Crippen LogP contribution in [0.15, 0.2) is 36.0 Å². The second-order valence-electron chi connectivity index (χ2n) is 2.60. The molecule has 0 saturated heterocycles. The highest BCUT2D eigenvalue weighted by atomic mass is 14.4. The van der Waals surface area contributed by atoms with E-state index in [4.69, 9.17) is 5.41 Å². The number of hydrogen-bond acceptors (Lipinski definition) is 1. The minimum absolute atomic E-state index is 0.660. The summed E-state index contributed by atoms with van der Waals surface area (Å²) >= 11 is 0. The maximum atomic E-state index is 7.38. The molecule has 0 bridgehead atoms. The maximum absolute atomic E-state index is 7.38. The van der Waals surface area contributed by atoms with E-state index in [0.717, 1.165) is 12.0 Å². The number of rotatable bonds is 0. The van der Waals surface area contributed by atoms with Gasteiger partial charge in [0.05, 0.1) is 0 Å². The molecule has 0 unspecified atom stereocenters. The summed E-state index contributed by atoms with van der Waals surface area (Å²) in [5.74, 6) is 0. The molecule has 0 spiro atoms. The number of hydrogen-bond donors (Lipinski definition) is 1. The van der Waals surface area contributed by atoms with Crippen LogP contribution in [0.4, 0.5) is 0 Å². The summed E-state index contributed by atoms with van der Waals surface area (Å²) in [5.41, 5.74) is 2.85. The number of nitrogens with one attached hydrogen (secondary N) is 1. The molecule has 0 radical (unpaired) electrons. The zero-order valence-corrected chi connectivity index (χ0v) is 6.15. The van der Waals surface area contributed by atoms with Crippen molar-refractivity contribution < 1.29 is 0 Å². The molecular weight excluding hydrogens is 122 g/mol. The van der Waals surface area contributed by atoms with Crippen LogP contribution in [-0.4, -0.2) is 5.71 Å². The molecule has 1 N–H and O–H groups in total. The van der Waals surface area contributed by atoms with Gasteiger partial charge in [-0.1, -0.05) is 24.3 Å². The Hall–Kier alpha value is -1.11. The van der Waals surface area contributed by atoms with Gasteiger partial charge >= 0.3 is 0 Å². The fourth-order valence-electron chi connectivity index (χ4n) is 0.983. The first kappa shape index (κ1) is 7.00. The molecule has 1 aliphatic rings. The predicted octanol–water partition coefficient (Wildman–Crippen LogP) is 2.47. The van der Waals surface area contributed by atoms with Gasteiger partial charge < -0.3 is 5.41 Å². The van der Waals surface area contributed by atoms with Crippen LogP contribution in [0, 0.1) is 5.41 Å². The van der Waals surface area contributed by atoms with E-state index in [0.29, 0.717) is 5.71 Å². The summed E-state index contributed by atoms with van der Waals surface area (Å²) in [7, 11) is 0. The van der Waals surface area contributed by atoms with Crippen molar-refractivity contribution in [1.82, 2.24) is 0 Å². The molecule has 0 saturated carbocycles. The molecule has 1 nitrogen and oxygen atoms in total. The van der Waals surface area contributed by atoms with Gasteiger partial charge in [0, 0.05) is 12.1 Å². The van der Waals surface area contributed by atoms with E-state index in [1.807, 2.05) is 19.1 Å². The standard InChI is InChI=1S/C9H11N/c1-7-3-4-9(10)6-8(2)5-7/h3-5,10H,1,6H2,2H3. The van der Waals surface area contributed by atoms with Gasteiger partial charge in [0.15, 0.2) is 0 Å². The van der Waals surface area contributed by atoms with E-state index in [2.05, 4.69) is 6.58 Å². The molecule has 1 aliphatic carbocycles. The van der Waals surface area contributed by atoms with Gasteiger partial charge in [0.2, 0.25) is 0 Å². The van der Waals surface area contributed by atoms with Crippen LogP contribution in [0.25, 0.3) is 0 Å². The minimum atomic E-state index is 0.660. The smallest absolute Gasteiger partial charge is 0.0354 e. The Balaban J connectivity index is 2.90. The first-order valence-electron chi connectivity index (χ1n) is 3.30. The Kier molecular flexibility index (Phi) is 1.86. The largest absolute Gasteiger partial charge is 0.305 e. The van der Waals surface area contributed by atoms with Crippen LogP contribution in [0.1, 0.15) is 13.3 Å². The molecule has 0 aromatic carbocycles. The average Bonchev–Trinajstić information content (AvgIpc) is 1.93. The van der Waals surface area contributed by atoms with Crippen molar-refractivity contribution >= 4 is 5.71 Å². The second kappa shape index (κ2) is 2.65. The van der Waals surface area contributed by atoms with Crippen LogP contribution in [0.2, 0.25) is 0 Å². The average molecular weight is 133 g/mol. The first-order chi connectivity index (χ1) is 4.68. The Bertz CT molecular complexity index is 231. The normalized spacial score (nSPS) is 18.7. The van der Waals surface area contributed by atoms with Crippen molar-refractivity contribution in [3.8, 4) is 0 Å². The molecule has 0 fully saturated rings. The highest BCUT2D eigenvalue weighted by Gasteiger charge is 1.98. The lowest BCUT2D eigenvalue weighted by Gasteiger charge is -1.93. The van der Waals surface area contributed by atoms with Crippen molar-refractivity contribution in [3.63, 3.8) is 0 Å². The zero-order chi connectivity index (χ0) is 7.56. The molecular formula is C9H11N. The van der Waals surface area contributed by atoms with Crippen LogP contribution < -0.4 is 0 Å². The molecule has 10 heavy (non-hydrogen) atoms. The molecule has 0 aromatic rings. The Labute approximate surface area is 61.3 Å². The van der Waals surface area contributed by atoms with Gasteiger partial charge in [0.25, 0.3) is 0 Å². The lowest BCUT2D eigenvalue weighted by atomic mass is 10.1. The van der Waals surface area contributed by atoms with Gasteiger partial charge in [-0.2, -0.15) is 0 Å². The Morgan fingerprint density at radius 2 is 2.20 bits per heavy atom. The van der Waals surface area contributed by atoms with E-state index in [-0.39, 0.29) is 0 Å². The van der Waals surface area contributed by atoms with Crippen molar-refractivity contribution in [2.75, 3.05) is 0 Å². The molecule has 0 aliphatic heterocycles. The first-order valence-corrected chi connectivity index (χ1v) is 3.30. The van der Waals surface area contributed by atoms with Crippen molar-refractivity contribution in [1.29, 1.82) is 5.41 Å². The van der Waals surface area contributed by atoms with E-state index < -0.39 is 0 Å². The van der Waals surface area contributed by atoms with Crippen LogP contribution in [-0.2, 0) is 0 Å². The topological polar surface area (TPSA) is 23.9 Å². The molecule has 1 rings (SSSR count). The third-order valence-electron chi connectivity index (χ3n) is 1.40. The van der Waals surface area contributed by atoms with Gasteiger partial charge in [0.1, 0.15) is 0 Å².